The lowest BCUT2D eigenvalue weighted by Crippen LogP contribution is -2.31. The number of hydrogen-bond donors (Lipinski definition) is 0. The van der Waals surface area contributed by atoms with Crippen LogP contribution in [0.5, 0.6) is 11.5 Å². The van der Waals surface area contributed by atoms with Crippen LogP contribution in [-0.2, 0) is 0 Å². The lowest BCUT2D eigenvalue weighted by molar-refractivity contribution is 0.0773. The summed E-state index contributed by atoms with van der Waals surface area (Å²) < 4.78 is 11.6. The van der Waals surface area contributed by atoms with Crippen molar-refractivity contribution in [3.8, 4) is 11.5 Å². The van der Waals surface area contributed by atoms with Gasteiger partial charge in [-0.3, -0.25) is 4.79 Å². The summed E-state index contributed by atoms with van der Waals surface area (Å²) in [5.74, 6) is 1.47. The minimum Gasteiger partial charge on any atom is -0.497 e. The maximum absolute atomic E-state index is 12.4. The van der Waals surface area contributed by atoms with Crippen LogP contribution in [0.2, 0.25) is 5.02 Å². The van der Waals surface area contributed by atoms with E-state index < -0.39 is 0 Å². The first-order chi connectivity index (χ1) is 11.0. The minimum absolute atomic E-state index is 0.0515. The van der Waals surface area contributed by atoms with E-state index in [0.29, 0.717) is 23.7 Å². The standard InChI is InChI=1S/C17H17ClINO3/c1-20(17(21)15-8-3-12(18)11-16(15)19)9-10-23-14-6-4-13(22-2)5-7-14/h3-8,11H,9-10H2,1-2H3. The fourth-order valence-corrected chi connectivity index (χ4v) is 3.04. The van der Waals surface area contributed by atoms with Crippen LogP contribution in [0.25, 0.3) is 0 Å². The average molecular weight is 446 g/mol. The predicted octanol–water partition coefficient (Wildman–Crippen LogP) is 4.10. The zero-order valence-corrected chi connectivity index (χ0v) is 15.8. The molecule has 0 saturated heterocycles. The van der Waals surface area contributed by atoms with Gasteiger partial charge in [0.05, 0.1) is 19.2 Å². The summed E-state index contributed by atoms with van der Waals surface area (Å²) in [7, 11) is 3.37. The number of carbonyl (C=O) groups is 1. The zero-order valence-electron chi connectivity index (χ0n) is 12.9. The summed E-state index contributed by atoms with van der Waals surface area (Å²) in [4.78, 5) is 14.0. The Labute approximate surface area is 154 Å². The van der Waals surface area contributed by atoms with Crippen molar-refractivity contribution in [1.29, 1.82) is 0 Å². The van der Waals surface area contributed by atoms with Crippen LogP contribution >= 0.6 is 34.2 Å². The van der Waals surface area contributed by atoms with Crippen LogP contribution in [0, 0.1) is 3.57 Å². The van der Waals surface area contributed by atoms with E-state index in [-0.39, 0.29) is 5.91 Å². The van der Waals surface area contributed by atoms with E-state index >= 15 is 0 Å². The number of halogens is 2. The van der Waals surface area contributed by atoms with Crippen LogP contribution in [0.3, 0.4) is 0 Å². The molecule has 0 radical (unpaired) electrons. The van der Waals surface area contributed by atoms with Crippen LogP contribution < -0.4 is 9.47 Å². The SMILES string of the molecule is COc1ccc(OCCN(C)C(=O)c2ccc(Cl)cc2I)cc1. The summed E-state index contributed by atoms with van der Waals surface area (Å²) in [6.45, 7) is 0.905. The Morgan fingerprint density at radius 3 is 2.43 bits per heavy atom. The van der Waals surface area contributed by atoms with E-state index in [9.17, 15) is 4.79 Å². The second-order valence-electron chi connectivity index (χ2n) is 4.87. The Hall–Kier alpha value is -1.47. The van der Waals surface area contributed by atoms with Gasteiger partial charge in [-0.15, -0.1) is 0 Å². The van der Waals surface area contributed by atoms with Crippen molar-refractivity contribution < 1.29 is 14.3 Å². The Morgan fingerprint density at radius 2 is 1.83 bits per heavy atom. The molecule has 6 heteroatoms. The largest absolute Gasteiger partial charge is 0.497 e. The minimum atomic E-state index is -0.0515. The summed E-state index contributed by atoms with van der Waals surface area (Å²) in [6, 6.07) is 12.6. The molecule has 0 spiro atoms. The quantitative estimate of drug-likeness (QED) is 0.628. The van der Waals surface area contributed by atoms with Gasteiger partial charge >= 0.3 is 0 Å². The molecule has 0 N–H and O–H groups in total. The van der Waals surface area contributed by atoms with E-state index in [1.165, 1.54) is 0 Å². The molecule has 4 nitrogen and oxygen atoms in total. The van der Waals surface area contributed by atoms with Gasteiger partial charge in [0.15, 0.2) is 0 Å². The maximum atomic E-state index is 12.4. The fraction of sp³-hybridized carbons (Fsp3) is 0.235. The number of benzene rings is 2. The molecular formula is C17H17ClINO3. The maximum Gasteiger partial charge on any atom is 0.254 e. The Bertz CT molecular complexity index is 676. The van der Waals surface area contributed by atoms with Crippen LogP contribution in [0.15, 0.2) is 42.5 Å². The summed E-state index contributed by atoms with van der Waals surface area (Å²) in [5, 5.41) is 0.622. The van der Waals surface area contributed by atoms with Gasteiger partial charge in [-0.1, -0.05) is 11.6 Å². The lowest BCUT2D eigenvalue weighted by atomic mass is 10.2. The van der Waals surface area contributed by atoms with Crippen molar-refractivity contribution in [2.45, 2.75) is 0 Å². The van der Waals surface area contributed by atoms with Crippen molar-refractivity contribution in [3.05, 3.63) is 56.6 Å². The molecule has 0 aliphatic rings. The molecule has 0 atom stereocenters. The van der Waals surface area contributed by atoms with Crippen molar-refractivity contribution in [1.82, 2.24) is 4.90 Å². The first-order valence-corrected chi connectivity index (χ1v) is 8.44. The second kappa shape index (κ2) is 8.40. The van der Waals surface area contributed by atoms with Gasteiger partial charge in [-0.2, -0.15) is 0 Å². The van der Waals surface area contributed by atoms with Gasteiger partial charge in [-0.25, -0.2) is 0 Å². The highest BCUT2D eigenvalue weighted by molar-refractivity contribution is 14.1. The van der Waals surface area contributed by atoms with Gasteiger partial charge < -0.3 is 14.4 Å². The summed E-state index contributed by atoms with van der Waals surface area (Å²) in [6.07, 6.45) is 0. The predicted molar refractivity (Wildman–Crippen MR) is 99.6 cm³/mol. The molecule has 0 aromatic heterocycles. The van der Waals surface area contributed by atoms with E-state index in [0.717, 1.165) is 15.1 Å². The molecule has 122 valence electrons. The number of rotatable bonds is 6. The van der Waals surface area contributed by atoms with E-state index in [1.54, 1.807) is 37.3 Å². The number of methoxy groups -OCH3 is 1. The molecule has 0 aliphatic carbocycles. The third-order valence-electron chi connectivity index (χ3n) is 3.26. The van der Waals surface area contributed by atoms with Crippen molar-refractivity contribution in [2.24, 2.45) is 0 Å². The van der Waals surface area contributed by atoms with Gasteiger partial charge in [0, 0.05) is 15.6 Å². The smallest absolute Gasteiger partial charge is 0.254 e. The van der Waals surface area contributed by atoms with Gasteiger partial charge in [0.2, 0.25) is 0 Å². The molecule has 23 heavy (non-hydrogen) atoms. The molecule has 0 unspecified atom stereocenters. The van der Waals surface area contributed by atoms with Gasteiger partial charge in [0.25, 0.3) is 5.91 Å². The fourth-order valence-electron chi connectivity index (χ4n) is 1.94. The Kier molecular flexibility index (Phi) is 6.53. The number of likely N-dealkylation sites (N-methyl/N-ethyl adjacent to an activating group) is 1. The van der Waals surface area contributed by atoms with Crippen molar-refractivity contribution in [2.75, 3.05) is 27.3 Å². The highest BCUT2D eigenvalue weighted by Crippen LogP contribution is 2.20. The highest BCUT2D eigenvalue weighted by Gasteiger charge is 2.15. The first-order valence-electron chi connectivity index (χ1n) is 6.98. The summed E-state index contributed by atoms with van der Waals surface area (Å²) in [5.41, 5.74) is 0.641. The van der Waals surface area contributed by atoms with E-state index in [2.05, 4.69) is 22.6 Å². The van der Waals surface area contributed by atoms with Gasteiger partial charge in [0.1, 0.15) is 18.1 Å². The molecule has 1 amide bonds. The molecule has 0 heterocycles. The Balaban J connectivity index is 1.88. The van der Waals surface area contributed by atoms with Crippen molar-refractivity contribution >= 4 is 40.1 Å². The number of amides is 1. The number of ether oxygens (including phenoxy) is 2. The van der Waals surface area contributed by atoms with E-state index in [4.69, 9.17) is 21.1 Å². The third kappa shape index (κ3) is 5.00. The number of carbonyl (C=O) groups excluding carboxylic acids is 1. The molecule has 2 rings (SSSR count). The average Bonchev–Trinajstić information content (AvgIpc) is 2.55. The molecule has 2 aromatic rings. The first kappa shape index (κ1) is 17.9. The Morgan fingerprint density at radius 1 is 1.17 bits per heavy atom. The monoisotopic (exact) mass is 445 g/mol. The van der Waals surface area contributed by atoms with Gasteiger partial charge in [-0.05, 0) is 65.1 Å². The third-order valence-corrected chi connectivity index (χ3v) is 4.39. The normalized spacial score (nSPS) is 10.3. The summed E-state index contributed by atoms with van der Waals surface area (Å²) >= 11 is 8.03. The number of hydrogen-bond acceptors (Lipinski definition) is 3. The molecule has 0 bridgehead atoms. The number of nitrogens with zero attached hydrogens (tertiary/aromatic N) is 1. The second-order valence-corrected chi connectivity index (χ2v) is 6.47. The lowest BCUT2D eigenvalue weighted by Gasteiger charge is -2.18. The molecule has 0 saturated carbocycles. The molecule has 0 aliphatic heterocycles. The van der Waals surface area contributed by atoms with Crippen molar-refractivity contribution in [3.63, 3.8) is 0 Å². The van der Waals surface area contributed by atoms with Crippen LogP contribution in [0.4, 0.5) is 0 Å². The van der Waals surface area contributed by atoms with Crippen LogP contribution in [-0.4, -0.2) is 38.1 Å². The molecule has 0 fully saturated rings. The zero-order chi connectivity index (χ0) is 16.8. The highest BCUT2D eigenvalue weighted by atomic mass is 127. The molecular weight excluding hydrogens is 429 g/mol. The van der Waals surface area contributed by atoms with Crippen LogP contribution in [0.1, 0.15) is 10.4 Å². The van der Waals surface area contributed by atoms with E-state index in [1.807, 2.05) is 24.3 Å². The topological polar surface area (TPSA) is 38.8 Å². The molecule has 2 aromatic carbocycles.